The minimum atomic E-state index is 0. The van der Waals surface area contributed by atoms with Crippen LogP contribution in [0.2, 0.25) is 10.0 Å². The van der Waals surface area contributed by atoms with Gasteiger partial charge in [0.25, 0.3) is 0 Å². The van der Waals surface area contributed by atoms with E-state index in [2.05, 4.69) is 5.32 Å². The molecule has 0 atom stereocenters. The second-order valence-electron chi connectivity index (χ2n) is 5.15. The normalized spacial score (nSPS) is 16.4. The topological polar surface area (TPSA) is 21.3 Å². The lowest BCUT2D eigenvalue weighted by atomic mass is 10.1. The zero-order valence-electron chi connectivity index (χ0n) is 11.8. The zero-order valence-corrected chi connectivity index (χ0v) is 14.1. The van der Waals surface area contributed by atoms with Gasteiger partial charge in [-0.05, 0) is 25.0 Å². The quantitative estimate of drug-likeness (QED) is 0.758. The van der Waals surface area contributed by atoms with Crippen LogP contribution in [0.15, 0.2) is 12.1 Å². The summed E-state index contributed by atoms with van der Waals surface area (Å²) in [6.07, 6.45) is 7.90. The van der Waals surface area contributed by atoms with Crippen molar-refractivity contribution in [3.8, 4) is 5.75 Å². The lowest BCUT2D eigenvalue weighted by Crippen LogP contribution is -2.28. The van der Waals surface area contributed by atoms with Crippen molar-refractivity contribution in [2.75, 3.05) is 7.11 Å². The maximum atomic E-state index is 6.15. The molecule has 20 heavy (non-hydrogen) atoms. The molecule has 5 heteroatoms. The van der Waals surface area contributed by atoms with Crippen molar-refractivity contribution in [2.45, 2.75) is 51.1 Å². The Balaban J connectivity index is 0.00000200. The molecule has 1 saturated carbocycles. The molecule has 1 aliphatic rings. The molecule has 0 aromatic heterocycles. The third-order valence-electron chi connectivity index (χ3n) is 3.73. The fraction of sp³-hybridized carbons (Fsp3) is 0.600. The van der Waals surface area contributed by atoms with Crippen molar-refractivity contribution in [1.29, 1.82) is 0 Å². The van der Waals surface area contributed by atoms with Gasteiger partial charge in [-0.3, -0.25) is 0 Å². The molecule has 0 spiro atoms. The number of rotatable bonds is 4. The summed E-state index contributed by atoms with van der Waals surface area (Å²) in [5.41, 5.74) is 1.03. The average Bonchev–Trinajstić information content (AvgIpc) is 2.64. The van der Waals surface area contributed by atoms with Crippen LogP contribution >= 0.6 is 35.6 Å². The summed E-state index contributed by atoms with van der Waals surface area (Å²) in [5, 5.41) is 4.84. The van der Waals surface area contributed by atoms with Crippen molar-refractivity contribution < 1.29 is 4.74 Å². The predicted molar refractivity (Wildman–Crippen MR) is 88.6 cm³/mol. The van der Waals surface area contributed by atoms with Crippen LogP contribution in [0.3, 0.4) is 0 Å². The standard InChI is InChI=1S/C15H21Cl2NO.ClH/c1-19-15-11(8-12(16)9-14(15)17)10-18-13-6-4-2-3-5-7-13;/h8-9,13,18H,2-7,10H2,1H3;1H. The molecule has 1 N–H and O–H groups in total. The minimum absolute atomic E-state index is 0. The van der Waals surface area contributed by atoms with Gasteiger partial charge in [0.05, 0.1) is 12.1 Å². The van der Waals surface area contributed by atoms with Gasteiger partial charge in [0, 0.05) is 23.2 Å². The molecule has 2 nitrogen and oxygen atoms in total. The number of nitrogens with one attached hydrogen (secondary N) is 1. The molecule has 0 aliphatic heterocycles. The Hall–Kier alpha value is -0.150. The maximum Gasteiger partial charge on any atom is 0.142 e. The number of hydrogen-bond donors (Lipinski definition) is 1. The first-order chi connectivity index (χ1) is 9.20. The van der Waals surface area contributed by atoms with E-state index in [4.69, 9.17) is 27.9 Å². The molecule has 0 heterocycles. The Kier molecular flexibility index (Phi) is 8.04. The number of benzene rings is 1. The highest BCUT2D eigenvalue weighted by Crippen LogP contribution is 2.32. The van der Waals surface area contributed by atoms with E-state index < -0.39 is 0 Å². The molecule has 1 aliphatic carbocycles. The largest absolute Gasteiger partial charge is 0.495 e. The zero-order chi connectivity index (χ0) is 13.7. The van der Waals surface area contributed by atoms with Crippen LogP contribution in [-0.4, -0.2) is 13.2 Å². The Bertz CT molecular complexity index is 418. The molecular formula is C15H22Cl3NO. The molecule has 1 aromatic carbocycles. The Morgan fingerprint density at radius 1 is 1.15 bits per heavy atom. The van der Waals surface area contributed by atoms with Gasteiger partial charge in [-0.15, -0.1) is 12.4 Å². The van der Waals surface area contributed by atoms with Crippen LogP contribution in [0.1, 0.15) is 44.1 Å². The molecule has 0 amide bonds. The molecular weight excluding hydrogens is 317 g/mol. The first-order valence-electron chi connectivity index (χ1n) is 6.96. The van der Waals surface area contributed by atoms with E-state index in [0.717, 1.165) is 17.9 Å². The summed E-state index contributed by atoms with van der Waals surface area (Å²) in [6.45, 7) is 0.758. The van der Waals surface area contributed by atoms with Gasteiger partial charge in [0.2, 0.25) is 0 Å². The third-order valence-corrected chi connectivity index (χ3v) is 4.22. The smallest absolute Gasteiger partial charge is 0.142 e. The molecule has 1 fully saturated rings. The van der Waals surface area contributed by atoms with E-state index in [-0.39, 0.29) is 12.4 Å². The van der Waals surface area contributed by atoms with Gasteiger partial charge < -0.3 is 10.1 Å². The van der Waals surface area contributed by atoms with Crippen molar-refractivity contribution >= 4 is 35.6 Å². The van der Waals surface area contributed by atoms with Crippen molar-refractivity contribution in [1.82, 2.24) is 5.32 Å². The monoisotopic (exact) mass is 337 g/mol. The first-order valence-corrected chi connectivity index (χ1v) is 7.71. The average molecular weight is 339 g/mol. The summed E-state index contributed by atoms with van der Waals surface area (Å²) in [7, 11) is 1.64. The number of methoxy groups -OCH3 is 1. The van der Waals surface area contributed by atoms with Gasteiger partial charge in [0.1, 0.15) is 5.75 Å². The predicted octanol–water partition coefficient (Wildman–Crippen LogP) is 5.24. The fourth-order valence-corrected chi connectivity index (χ4v) is 3.32. The van der Waals surface area contributed by atoms with Crippen LogP contribution in [-0.2, 0) is 6.54 Å². The Labute approximate surface area is 137 Å². The Morgan fingerprint density at radius 2 is 1.80 bits per heavy atom. The molecule has 114 valence electrons. The molecule has 0 unspecified atom stereocenters. The summed E-state index contributed by atoms with van der Waals surface area (Å²) in [6, 6.07) is 4.25. The minimum Gasteiger partial charge on any atom is -0.495 e. The van der Waals surface area contributed by atoms with Gasteiger partial charge in [-0.1, -0.05) is 48.9 Å². The molecule has 0 bridgehead atoms. The maximum absolute atomic E-state index is 6.15. The van der Waals surface area contributed by atoms with Gasteiger partial charge >= 0.3 is 0 Å². The first kappa shape index (κ1) is 17.9. The summed E-state index contributed by atoms with van der Waals surface area (Å²) in [5.74, 6) is 0.729. The van der Waals surface area contributed by atoms with Crippen LogP contribution in [0.5, 0.6) is 5.75 Å². The summed E-state index contributed by atoms with van der Waals surface area (Å²) in [4.78, 5) is 0. The number of hydrogen-bond acceptors (Lipinski definition) is 2. The van der Waals surface area contributed by atoms with E-state index >= 15 is 0 Å². The van der Waals surface area contributed by atoms with Gasteiger partial charge in [-0.25, -0.2) is 0 Å². The Morgan fingerprint density at radius 3 is 2.40 bits per heavy atom. The van der Waals surface area contributed by atoms with Crippen molar-refractivity contribution in [2.24, 2.45) is 0 Å². The molecule has 2 rings (SSSR count). The van der Waals surface area contributed by atoms with Crippen LogP contribution < -0.4 is 10.1 Å². The van der Waals surface area contributed by atoms with Gasteiger partial charge in [-0.2, -0.15) is 0 Å². The van der Waals surface area contributed by atoms with Crippen LogP contribution in [0, 0.1) is 0 Å². The van der Waals surface area contributed by atoms with E-state index in [9.17, 15) is 0 Å². The van der Waals surface area contributed by atoms with E-state index in [0.29, 0.717) is 16.1 Å². The summed E-state index contributed by atoms with van der Waals surface area (Å²) >= 11 is 12.2. The third kappa shape index (κ3) is 5.00. The lowest BCUT2D eigenvalue weighted by molar-refractivity contribution is 0.401. The van der Waals surface area contributed by atoms with Crippen molar-refractivity contribution in [3.63, 3.8) is 0 Å². The van der Waals surface area contributed by atoms with Crippen LogP contribution in [0.4, 0.5) is 0 Å². The SMILES string of the molecule is COc1c(Cl)cc(Cl)cc1CNC1CCCCCC1.Cl. The van der Waals surface area contributed by atoms with E-state index in [1.807, 2.05) is 6.07 Å². The molecule has 0 saturated heterocycles. The van der Waals surface area contributed by atoms with Crippen molar-refractivity contribution in [3.05, 3.63) is 27.7 Å². The van der Waals surface area contributed by atoms with Crippen LogP contribution in [0.25, 0.3) is 0 Å². The highest BCUT2D eigenvalue weighted by Gasteiger charge is 2.14. The van der Waals surface area contributed by atoms with Gasteiger partial charge in [0.15, 0.2) is 0 Å². The lowest BCUT2D eigenvalue weighted by Gasteiger charge is -2.18. The molecule has 1 aromatic rings. The second kappa shape index (κ2) is 8.99. The highest BCUT2D eigenvalue weighted by molar-refractivity contribution is 6.35. The number of halogens is 3. The second-order valence-corrected chi connectivity index (χ2v) is 5.99. The van der Waals surface area contributed by atoms with E-state index in [1.165, 1.54) is 38.5 Å². The summed E-state index contributed by atoms with van der Waals surface area (Å²) < 4.78 is 5.37. The highest BCUT2D eigenvalue weighted by atomic mass is 35.5. The molecule has 0 radical (unpaired) electrons. The number of ether oxygens (including phenoxy) is 1. The fourth-order valence-electron chi connectivity index (χ4n) is 2.71. The van der Waals surface area contributed by atoms with E-state index in [1.54, 1.807) is 13.2 Å².